The molecule has 8 N–H and O–H groups in total. The van der Waals surface area contributed by atoms with Crippen LogP contribution in [-0.2, 0) is 0 Å². The van der Waals surface area contributed by atoms with Gasteiger partial charge in [-0.15, -0.1) is 0 Å². The van der Waals surface area contributed by atoms with Gasteiger partial charge >= 0.3 is 0 Å². The van der Waals surface area contributed by atoms with Gasteiger partial charge in [0.15, 0.2) is 0 Å². The van der Waals surface area contributed by atoms with Crippen LogP contribution in [-0.4, -0.2) is 97.7 Å². The number of rotatable bonds is 0. The van der Waals surface area contributed by atoms with Gasteiger partial charge in [-0.3, -0.25) is 0 Å². The number of hydrogen-bond donors (Lipinski definition) is 8. The average molecular weight is 2360 g/mol. The van der Waals surface area contributed by atoms with E-state index in [0.29, 0.717) is 12.8 Å². The predicted molar refractivity (Wildman–Crippen MR) is 347 cm³/mol. The SMILES string of the molecule is CC.CC.CC.CC.CC.CC.CC.CC.CC.CC.CC.CC.CC.CC.CC.CC.CC.CC.CC.CC.CC.CC.CCC#N.CCC#N.CO.CO.CO.CO.CO.CO.CO.CO.[Rf].[Rf].[Rf].[Rf].[Rf]. The number of nitrogens with zero attached hydrogens (tertiary/aromatic N) is 2. The molecular formula is C58H174N2O8Rf5. The van der Waals surface area contributed by atoms with Gasteiger partial charge in [-0.25, -0.2) is 0 Å². The molecule has 73 heavy (non-hydrogen) atoms. The summed E-state index contributed by atoms with van der Waals surface area (Å²) >= 11 is 0. The molecule has 10 nitrogen and oxygen atoms in total. The molecule has 0 rings (SSSR count). The molecular weight excluding hydrogens is 2190 g/mol. The molecule has 0 radical (unpaired) electrons. The van der Waals surface area contributed by atoms with E-state index in [1.165, 1.54) is 0 Å². The van der Waals surface area contributed by atoms with Gasteiger partial charge in [-0.05, 0) is 0 Å². The Morgan fingerprint density at radius 3 is 0.178 bits per heavy atom. The summed E-state index contributed by atoms with van der Waals surface area (Å²) in [5.74, 6) is 0. The minimum absolute atomic E-state index is 0. The molecule has 0 aliphatic carbocycles. The van der Waals surface area contributed by atoms with Crippen LogP contribution in [0.4, 0.5) is 0 Å². The first-order valence-electron chi connectivity index (χ1n) is 28.1. The monoisotopic (exact) mass is 2360 g/mol. The summed E-state index contributed by atoms with van der Waals surface area (Å²) in [6.07, 6.45) is 1.25. The summed E-state index contributed by atoms with van der Waals surface area (Å²) in [4.78, 5) is 0. The van der Waals surface area contributed by atoms with Gasteiger partial charge in [0, 0.05) is 69.7 Å². The second kappa shape index (κ2) is 50100. The maximum atomic E-state index is 7.62. The molecule has 0 saturated heterocycles. The number of hydrogen-bond acceptors (Lipinski definition) is 10. The molecule has 0 heterocycles. The van der Waals surface area contributed by atoms with Crippen molar-refractivity contribution < 1.29 is 40.9 Å². The Bertz CT molecular complexity index is 148. The van der Waals surface area contributed by atoms with E-state index in [9.17, 15) is 0 Å². The Morgan fingerprint density at radius 2 is 0.178 bits per heavy atom. The third-order valence-corrected chi connectivity index (χ3v) is 0.316. The van der Waals surface area contributed by atoms with Crippen LogP contribution in [0.25, 0.3) is 0 Å². The van der Waals surface area contributed by atoms with Crippen molar-refractivity contribution in [2.75, 3.05) is 56.9 Å². The van der Waals surface area contributed by atoms with Crippen molar-refractivity contribution in [1.29, 1.82) is 10.5 Å². The fourth-order valence-electron chi connectivity index (χ4n) is 0. The molecule has 0 aliphatic heterocycles. The van der Waals surface area contributed by atoms with Crippen molar-refractivity contribution in [2.45, 2.75) is 331 Å². The van der Waals surface area contributed by atoms with Gasteiger partial charge in [0.2, 0.25) is 0 Å². The van der Waals surface area contributed by atoms with Crippen LogP contribution in [0.15, 0.2) is 0 Å². The maximum absolute atomic E-state index is 7.62. The van der Waals surface area contributed by atoms with Gasteiger partial charge in [0.05, 0.1) is 12.1 Å². The first-order valence-corrected chi connectivity index (χ1v) is 28.1. The minimum atomic E-state index is 0. The smallest absolute Gasteiger partial charge is 0.0618 e. The summed E-state index contributed by atoms with van der Waals surface area (Å²) < 4.78 is 0. The molecule has 0 aromatic rings. The molecule has 0 aromatic carbocycles. The first kappa shape index (κ1) is 327. The Labute approximate surface area is 450 Å². The van der Waals surface area contributed by atoms with Crippen LogP contribution < -0.4 is 0 Å². The normalized spacial score (nSPS) is 3.01. The molecule has 0 amide bonds. The Balaban J connectivity index is -0.00000000524. The third kappa shape index (κ3) is 14100. The molecule has 0 bridgehead atoms. The van der Waals surface area contributed by atoms with Crippen LogP contribution in [0.5, 0.6) is 0 Å². The average Bonchev–Trinajstić information content (AvgIpc) is 3.57. The second-order valence-electron chi connectivity index (χ2n) is 1.02. The standard InChI is InChI=1S/2C3H5N.22C2H6.8CH4O.5Rf/c2*1-2-3-4;30*1-2;;;;;/h2*2H2,1H3;22*1-2H3;8*2H,1H3;;;;;. The van der Waals surface area contributed by atoms with E-state index < -0.39 is 0 Å². The van der Waals surface area contributed by atoms with Crippen LogP contribution >= 0.6 is 0 Å². The van der Waals surface area contributed by atoms with Gasteiger partial charge in [-0.2, -0.15) is 10.5 Å². The van der Waals surface area contributed by atoms with Crippen LogP contribution in [0, 0.1) is 22.7 Å². The molecule has 15 heteroatoms. The van der Waals surface area contributed by atoms with Crippen molar-refractivity contribution in [3.8, 4) is 12.1 Å². The van der Waals surface area contributed by atoms with Crippen LogP contribution in [0.3, 0.4) is 0 Å². The van der Waals surface area contributed by atoms with E-state index in [2.05, 4.69) is 0 Å². The topological polar surface area (TPSA) is 209 Å². The summed E-state index contributed by atoms with van der Waals surface area (Å²) in [6.45, 7) is 91.6. The van der Waals surface area contributed by atoms with E-state index in [1.807, 2.05) is 331 Å². The van der Waals surface area contributed by atoms with Crippen molar-refractivity contribution in [1.82, 2.24) is 0 Å². The zero-order valence-corrected chi connectivity index (χ0v) is 96.4. The summed E-state index contributed by atoms with van der Waals surface area (Å²) in [7, 11) is 8.00. The van der Waals surface area contributed by atoms with E-state index in [1.54, 1.807) is 0 Å². The molecule has 0 unspecified atom stereocenters. The fraction of sp³-hybridized carbons (Fsp3) is 0.966. The van der Waals surface area contributed by atoms with Crippen LogP contribution in [0.1, 0.15) is 331 Å². The third-order valence-electron chi connectivity index (χ3n) is 0.316. The maximum Gasteiger partial charge on any atom is 0.0618 e. The molecule has 0 fully saturated rings. The molecule has 0 saturated carbocycles. The van der Waals surface area contributed by atoms with E-state index >= 15 is 0 Å². The van der Waals surface area contributed by atoms with Gasteiger partial charge in [0.1, 0.15) is 0 Å². The molecule has 0 spiro atoms. The van der Waals surface area contributed by atoms with Gasteiger partial charge in [-0.1, -0.05) is 318 Å². The number of aliphatic hydroxyl groups excluding tert-OH is 8. The first-order chi connectivity index (χ1) is 33.8. The summed E-state index contributed by atoms with van der Waals surface area (Å²) in [5.41, 5.74) is 0. The molecule has 0 atom stereocenters. The summed E-state index contributed by atoms with van der Waals surface area (Å²) in [6, 6.07) is 3.86. The summed E-state index contributed by atoms with van der Waals surface area (Å²) in [5, 5.41) is 71.2. The minimum Gasteiger partial charge on any atom is -0.400 e. The van der Waals surface area contributed by atoms with Crippen molar-refractivity contribution in [2.24, 2.45) is 0 Å². The van der Waals surface area contributed by atoms with Crippen molar-refractivity contribution in [3.63, 3.8) is 0 Å². The van der Waals surface area contributed by atoms with E-state index in [4.69, 9.17) is 51.4 Å². The van der Waals surface area contributed by atoms with E-state index in [-0.39, 0.29) is 0 Å². The fourth-order valence-corrected chi connectivity index (χ4v) is 0. The number of nitriles is 2. The molecule has 0 aromatic heterocycles. The second-order valence-corrected chi connectivity index (χ2v) is 1.02. The van der Waals surface area contributed by atoms with E-state index in [0.717, 1.165) is 56.9 Å². The van der Waals surface area contributed by atoms with Gasteiger partial charge < -0.3 is 40.9 Å². The van der Waals surface area contributed by atoms with Crippen LogP contribution in [0.2, 0.25) is 0 Å². The number of aliphatic hydroxyl groups is 8. The van der Waals surface area contributed by atoms with Crippen molar-refractivity contribution >= 4 is 0 Å². The largest absolute Gasteiger partial charge is 0.400 e. The van der Waals surface area contributed by atoms with Gasteiger partial charge in [0.25, 0.3) is 0 Å². The zero-order valence-electron chi connectivity index (χ0n) is 64.4. The predicted octanol–water partition coefficient (Wildman–Crippen LogP) is 21.3. The van der Waals surface area contributed by atoms with Crippen molar-refractivity contribution in [3.05, 3.63) is 0 Å². The molecule has 474 valence electrons. The Hall–Kier alpha value is -6.34. The quantitative estimate of drug-likeness (QED) is 0.115. The molecule has 0 aliphatic rings. The Morgan fingerprint density at radius 1 is 0.164 bits per heavy atom. The zero-order chi connectivity index (χ0) is 66.8. The Kier molecular flexibility index (Phi) is 224000.